The van der Waals surface area contributed by atoms with Crippen molar-refractivity contribution in [2.45, 2.75) is 158 Å². The second kappa shape index (κ2) is 30.4. The summed E-state index contributed by atoms with van der Waals surface area (Å²) in [4.78, 5) is 119. The van der Waals surface area contributed by atoms with Crippen LogP contribution in [-0.2, 0) is 35.2 Å². The maximum Gasteiger partial charge on any atom is 0.251 e. The molecule has 4 fully saturated rings. The lowest BCUT2D eigenvalue weighted by Crippen LogP contribution is -2.61. The molecule has 10 atom stereocenters. The smallest absolute Gasteiger partial charge is 0.251 e. The quantitative estimate of drug-likeness (QED) is 0.0570. The Morgan fingerprint density at radius 2 is 1.31 bits per heavy atom. The number of carbonyl (C=O) groups is 8. The van der Waals surface area contributed by atoms with Crippen molar-refractivity contribution in [1.29, 1.82) is 0 Å². The molecule has 3 aromatic carbocycles. The predicted octanol–water partition coefficient (Wildman–Crippen LogP) is 0.347. The van der Waals surface area contributed by atoms with E-state index in [2.05, 4.69) is 55.4 Å². The van der Waals surface area contributed by atoms with Crippen LogP contribution in [0.3, 0.4) is 0 Å². The minimum absolute atomic E-state index is 0.0143. The fourth-order valence-corrected chi connectivity index (χ4v) is 11.2. The van der Waals surface area contributed by atoms with Gasteiger partial charge in [-0.1, -0.05) is 45.1 Å². The molecule has 4 heterocycles. The maximum atomic E-state index is 14.5. The lowest BCUT2D eigenvalue weighted by Gasteiger charge is -2.37. The third-order valence-electron chi connectivity index (χ3n) is 16.1. The summed E-state index contributed by atoms with van der Waals surface area (Å²) in [5.41, 5.74) is 14.4. The van der Waals surface area contributed by atoms with Crippen molar-refractivity contribution in [3.8, 4) is 11.5 Å². The van der Waals surface area contributed by atoms with Crippen LogP contribution in [0.2, 0.25) is 0 Å². The predicted molar refractivity (Wildman–Crippen MR) is 313 cm³/mol. The van der Waals surface area contributed by atoms with Gasteiger partial charge in [-0.2, -0.15) is 0 Å². The first-order chi connectivity index (χ1) is 40.3. The zero-order chi connectivity index (χ0) is 60.6. The highest BCUT2D eigenvalue weighted by atomic mass is 16.5. The first kappa shape index (κ1) is 64.2. The molecular formula is C60H85N11O13. The SMILES string of the molecule is CCCCCCCCOc1ccc(N2CCN(c3ccc(C(=O)N[C@H]4CCCNC(=O)[C@@H]5C[C@H](N)CN5C(=O)[C@H]([C@@H](C)O)NC(=O)[C@H](CCc5ccc(O)c(C(=O)CN)c5)NC(=O)[C@@H]5C[C@@H](O)CN5C(=O)[C@H]([C@@H](C)O)NC4=O)cc3)CC2)cc1. The number of ether oxygens (including phenoxy) is 1. The topological polar surface area (TPSA) is 352 Å². The Labute approximate surface area is 490 Å². The summed E-state index contributed by atoms with van der Waals surface area (Å²) in [5, 5.41) is 56.7. The van der Waals surface area contributed by atoms with Gasteiger partial charge in [0.1, 0.15) is 47.8 Å². The normalized spacial score (nSPS) is 24.9. The Morgan fingerprint density at radius 3 is 1.93 bits per heavy atom. The van der Waals surface area contributed by atoms with Gasteiger partial charge in [0.2, 0.25) is 35.4 Å². The van der Waals surface area contributed by atoms with Gasteiger partial charge in [0.25, 0.3) is 5.91 Å². The van der Waals surface area contributed by atoms with Crippen molar-refractivity contribution in [2.75, 3.05) is 68.8 Å². The molecule has 4 aliphatic rings. The summed E-state index contributed by atoms with van der Waals surface area (Å²) in [6.07, 6.45) is 2.28. The number of phenolic OH excluding ortho intramolecular Hbond substituents is 1. The van der Waals surface area contributed by atoms with Crippen molar-refractivity contribution >= 4 is 58.5 Å². The number of nitrogens with two attached hydrogens (primary N) is 2. The molecule has 24 heteroatoms. The third kappa shape index (κ3) is 16.9. The Hall–Kier alpha value is -7.38. The molecule has 0 saturated carbocycles. The van der Waals surface area contributed by atoms with Crippen molar-refractivity contribution in [1.82, 2.24) is 36.4 Å². The molecule has 7 amide bonds. The lowest BCUT2D eigenvalue weighted by molar-refractivity contribution is -0.145. The average Bonchev–Trinajstić information content (AvgIpc) is 4.31. The monoisotopic (exact) mass is 1170 g/mol. The minimum atomic E-state index is -1.71. The number of nitrogens with zero attached hydrogens (tertiary/aromatic N) is 4. The Kier molecular flexibility index (Phi) is 23.3. The van der Waals surface area contributed by atoms with E-state index < -0.39 is 121 Å². The summed E-state index contributed by atoms with van der Waals surface area (Å²) in [5.74, 6) is -5.86. The number of amides is 7. The summed E-state index contributed by atoms with van der Waals surface area (Å²) in [7, 11) is 0. The fourth-order valence-electron chi connectivity index (χ4n) is 11.2. The molecule has 7 rings (SSSR count). The van der Waals surface area contributed by atoms with Crippen molar-refractivity contribution in [2.24, 2.45) is 11.5 Å². The van der Waals surface area contributed by atoms with Crippen LogP contribution in [0.1, 0.15) is 118 Å². The van der Waals surface area contributed by atoms with Crippen LogP contribution < -0.4 is 52.6 Å². The number of fused-ring (bicyclic) bond motifs is 2. The van der Waals surface area contributed by atoms with Crippen molar-refractivity contribution in [3.05, 3.63) is 83.4 Å². The molecule has 0 aliphatic carbocycles. The number of Topliss-reactive ketones (excluding diaryl/α,β-unsaturated/α-hetero) is 1. The Morgan fingerprint density at radius 1 is 0.726 bits per heavy atom. The first-order valence-corrected chi connectivity index (χ1v) is 29.5. The number of aromatic hydroxyl groups is 1. The molecule has 3 aromatic rings. The van der Waals surface area contributed by atoms with Gasteiger partial charge in [0.05, 0.1) is 37.0 Å². The number of carbonyl (C=O) groups excluding carboxylic acids is 8. The van der Waals surface area contributed by atoms with E-state index in [4.69, 9.17) is 16.2 Å². The highest BCUT2D eigenvalue weighted by Crippen LogP contribution is 2.27. The molecule has 0 aromatic heterocycles. The molecular weight excluding hydrogens is 1080 g/mol. The highest BCUT2D eigenvalue weighted by Gasteiger charge is 2.46. The number of rotatable bonds is 19. The van der Waals surface area contributed by atoms with E-state index >= 15 is 0 Å². The van der Waals surface area contributed by atoms with Gasteiger partial charge >= 0.3 is 0 Å². The minimum Gasteiger partial charge on any atom is -0.507 e. The van der Waals surface area contributed by atoms with Crippen LogP contribution in [0.25, 0.3) is 0 Å². The summed E-state index contributed by atoms with van der Waals surface area (Å²) in [6, 6.07) is 9.74. The molecule has 84 heavy (non-hydrogen) atoms. The van der Waals surface area contributed by atoms with E-state index in [1.54, 1.807) is 12.1 Å². The molecule has 24 nitrogen and oxygen atoms in total. The molecule has 0 spiro atoms. The van der Waals surface area contributed by atoms with Crippen molar-refractivity contribution < 1.29 is 63.5 Å². The molecule has 13 N–H and O–H groups in total. The molecule has 4 saturated heterocycles. The fraction of sp³-hybridized carbons (Fsp3) is 0.567. The second-order valence-corrected chi connectivity index (χ2v) is 22.5. The van der Waals surface area contributed by atoms with E-state index in [-0.39, 0.29) is 68.5 Å². The van der Waals surface area contributed by atoms with Crippen LogP contribution in [-0.4, -0.2) is 197 Å². The maximum absolute atomic E-state index is 14.5. The number of anilines is 2. The van der Waals surface area contributed by atoms with Gasteiger partial charge in [0.15, 0.2) is 5.78 Å². The Balaban J connectivity index is 1.07. The molecule has 0 unspecified atom stereocenters. The number of benzene rings is 3. The van der Waals surface area contributed by atoms with Crippen LogP contribution in [0, 0.1) is 0 Å². The average molecular weight is 1170 g/mol. The molecule has 0 radical (unpaired) electrons. The summed E-state index contributed by atoms with van der Waals surface area (Å²) >= 11 is 0. The van der Waals surface area contributed by atoms with Gasteiger partial charge in [-0.3, -0.25) is 38.4 Å². The summed E-state index contributed by atoms with van der Waals surface area (Å²) in [6.45, 7) is 7.39. The number of aryl methyl sites for hydroxylation is 1. The van der Waals surface area contributed by atoms with E-state index in [0.29, 0.717) is 12.2 Å². The van der Waals surface area contributed by atoms with E-state index in [1.165, 1.54) is 64.2 Å². The van der Waals surface area contributed by atoms with Gasteiger partial charge in [-0.15, -0.1) is 0 Å². The van der Waals surface area contributed by atoms with Gasteiger partial charge in [-0.25, -0.2) is 0 Å². The Bertz CT molecular complexity index is 2760. The van der Waals surface area contributed by atoms with Crippen LogP contribution in [0.15, 0.2) is 66.7 Å². The van der Waals surface area contributed by atoms with Crippen LogP contribution in [0.4, 0.5) is 11.4 Å². The van der Waals surface area contributed by atoms with E-state index in [9.17, 15) is 58.8 Å². The summed E-state index contributed by atoms with van der Waals surface area (Å²) < 4.78 is 5.99. The number of aliphatic hydroxyl groups is 3. The number of hydrogen-bond acceptors (Lipinski definition) is 17. The number of nitrogens with one attached hydrogen (secondary N) is 5. The number of aliphatic hydroxyl groups excluding tert-OH is 3. The second-order valence-electron chi connectivity index (χ2n) is 22.5. The first-order valence-electron chi connectivity index (χ1n) is 29.5. The number of ketones is 1. The largest absolute Gasteiger partial charge is 0.507 e. The molecule has 0 bridgehead atoms. The van der Waals surface area contributed by atoms with Gasteiger partial charge in [0, 0.05) is 75.2 Å². The number of phenols is 1. The van der Waals surface area contributed by atoms with Crippen molar-refractivity contribution in [3.63, 3.8) is 0 Å². The molecule has 458 valence electrons. The standard InChI is InChI=1S/C60H85N11O13/c1-4-5-6-7-8-9-29-84-44-20-18-42(19-21-44)69-27-25-68(26-28-69)41-16-14-39(15-17-41)54(77)64-46-11-10-24-63-57(80)48-31-40(62)34-70(48)59(82)52(36(2)72)67-56(79)47(22-12-38-13-23-50(75)45(30-38)51(76)33-61)65-58(81)49-32-43(74)35-71(49)60(83)53(37(3)73)66-55(46)78/h13-21,23,30,36-37,40,43,46-49,52-53,72-75H,4-12,22,24-29,31-35,61-62H2,1-3H3,(H,63,80)(H,64,77)(H,65,81)(H,66,78)(H,67,79)/t36-,37-,40+,43-,46+,47+,48+,49+,52+,53+/m1/s1. The van der Waals surface area contributed by atoms with Crippen LogP contribution >= 0.6 is 0 Å². The zero-order valence-corrected chi connectivity index (χ0v) is 48.4. The van der Waals surface area contributed by atoms with Gasteiger partial charge in [-0.05, 0) is 119 Å². The molecule has 4 aliphatic heterocycles. The van der Waals surface area contributed by atoms with E-state index in [1.807, 2.05) is 24.3 Å². The third-order valence-corrected chi connectivity index (χ3v) is 16.1. The van der Waals surface area contributed by atoms with Crippen LogP contribution in [0.5, 0.6) is 11.5 Å². The number of hydrogen-bond donors (Lipinski definition) is 11. The number of unbranched alkanes of at least 4 members (excludes halogenated alkanes) is 5. The zero-order valence-electron chi connectivity index (χ0n) is 48.4. The van der Waals surface area contributed by atoms with Gasteiger partial charge < -0.3 is 82.8 Å². The highest BCUT2D eigenvalue weighted by molar-refractivity contribution is 6.01. The lowest BCUT2D eigenvalue weighted by atomic mass is 9.99. The van der Waals surface area contributed by atoms with E-state index in [0.717, 1.165) is 59.5 Å². The number of piperazine rings is 1.